The standard InChI is InChI=1S/C10H16N4OS/c1-16-10(3-2-4-10)6-12-9(15)8-7(11)5-13-14-8/h5H,2-4,6,11H2,1H3,(H,12,15)(H,13,14). The van der Waals surface area contributed by atoms with Crippen LogP contribution in [0.2, 0.25) is 0 Å². The van der Waals surface area contributed by atoms with Gasteiger partial charge in [-0.15, -0.1) is 0 Å². The molecule has 0 radical (unpaired) electrons. The average molecular weight is 240 g/mol. The molecule has 0 atom stereocenters. The molecule has 1 saturated carbocycles. The third-order valence-electron chi connectivity index (χ3n) is 3.16. The number of carbonyl (C=O) groups is 1. The first-order chi connectivity index (χ1) is 7.67. The van der Waals surface area contributed by atoms with E-state index in [1.807, 2.05) is 11.8 Å². The second-order valence-electron chi connectivity index (χ2n) is 4.12. The molecule has 0 saturated heterocycles. The van der Waals surface area contributed by atoms with E-state index >= 15 is 0 Å². The number of aromatic nitrogens is 2. The highest BCUT2D eigenvalue weighted by atomic mass is 32.2. The maximum absolute atomic E-state index is 11.8. The number of nitrogen functional groups attached to an aromatic ring is 1. The lowest BCUT2D eigenvalue weighted by molar-refractivity contribution is 0.0940. The molecule has 1 heterocycles. The lowest BCUT2D eigenvalue weighted by Gasteiger charge is -2.40. The number of nitrogens with zero attached hydrogens (tertiary/aromatic N) is 1. The molecule has 1 aliphatic carbocycles. The molecule has 1 fully saturated rings. The van der Waals surface area contributed by atoms with Crippen molar-refractivity contribution in [2.75, 3.05) is 18.5 Å². The highest BCUT2D eigenvalue weighted by Gasteiger charge is 2.36. The van der Waals surface area contributed by atoms with Crippen LogP contribution in [0, 0.1) is 0 Å². The number of amides is 1. The summed E-state index contributed by atoms with van der Waals surface area (Å²) in [6, 6.07) is 0. The fourth-order valence-corrected chi connectivity index (χ4v) is 2.74. The van der Waals surface area contributed by atoms with E-state index in [-0.39, 0.29) is 10.7 Å². The Labute approximate surface area is 98.6 Å². The van der Waals surface area contributed by atoms with Crippen molar-refractivity contribution >= 4 is 23.4 Å². The number of hydrogen-bond donors (Lipinski definition) is 3. The number of aromatic amines is 1. The number of hydrogen-bond acceptors (Lipinski definition) is 4. The van der Waals surface area contributed by atoms with Gasteiger partial charge in [-0.3, -0.25) is 9.89 Å². The molecular formula is C10H16N4OS. The molecule has 88 valence electrons. The van der Waals surface area contributed by atoms with Crippen LogP contribution >= 0.6 is 11.8 Å². The number of rotatable bonds is 4. The van der Waals surface area contributed by atoms with Crippen LogP contribution < -0.4 is 11.1 Å². The summed E-state index contributed by atoms with van der Waals surface area (Å²) >= 11 is 1.83. The van der Waals surface area contributed by atoms with Gasteiger partial charge < -0.3 is 11.1 Å². The van der Waals surface area contributed by atoms with Gasteiger partial charge in [0.25, 0.3) is 5.91 Å². The van der Waals surface area contributed by atoms with Crippen molar-refractivity contribution in [3.8, 4) is 0 Å². The molecule has 0 aliphatic heterocycles. The molecule has 1 aliphatic rings. The number of nitrogens with two attached hydrogens (primary N) is 1. The Hall–Kier alpha value is -1.17. The molecule has 0 unspecified atom stereocenters. The molecule has 6 heteroatoms. The molecule has 0 bridgehead atoms. The van der Waals surface area contributed by atoms with Gasteiger partial charge >= 0.3 is 0 Å². The molecule has 5 nitrogen and oxygen atoms in total. The van der Waals surface area contributed by atoms with E-state index in [4.69, 9.17) is 5.73 Å². The van der Waals surface area contributed by atoms with Crippen molar-refractivity contribution in [1.82, 2.24) is 15.5 Å². The molecule has 0 spiro atoms. The number of carbonyl (C=O) groups excluding carboxylic acids is 1. The Bertz CT molecular complexity index is 380. The minimum atomic E-state index is -0.171. The Morgan fingerprint density at radius 2 is 2.50 bits per heavy atom. The van der Waals surface area contributed by atoms with E-state index in [0.29, 0.717) is 17.9 Å². The number of nitrogens with one attached hydrogen (secondary N) is 2. The highest BCUT2D eigenvalue weighted by Crippen LogP contribution is 2.42. The first kappa shape index (κ1) is 11.3. The van der Waals surface area contributed by atoms with Crippen LogP contribution in [0.3, 0.4) is 0 Å². The Morgan fingerprint density at radius 1 is 1.75 bits per heavy atom. The zero-order valence-corrected chi connectivity index (χ0v) is 10.1. The lowest BCUT2D eigenvalue weighted by atomic mass is 9.84. The molecule has 1 amide bonds. The Kier molecular flexibility index (Phi) is 3.09. The average Bonchev–Trinajstić information content (AvgIpc) is 2.63. The number of thioether (sulfide) groups is 1. The smallest absolute Gasteiger partial charge is 0.271 e. The summed E-state index contributed by atoms with van der Waals surface area (Å²) in [6.07, 6.45) is 7.14. The summed E-state index contributed by atoms with van der Waals surface area (Å²) in [5.74, 6) is -0.171. The van der Waals surface area contributed by atoms with Gasteiger partial charge in [0, 0.05) is 11.3 Å². The van der Waals surface area contributed by atoms with Crippen LogP contribution in [-0.2, 0) is 0 Å². The van der Waals surface area contributed by atoms with Crippen LogP contribution in [0.1, 0.15) is 29.8 Å². The Balaban J connectivity index is 1.91. The number of H-pyrrole nitrogens is 1. The monoisotopic (exact) mass is 240 g/mol. The van der Waals surface area contributed by atoms with Gasteiger partial charge in [0.15, 0.2) is 0 Å². The minimum absolute atomic E-state index is 0.171. The van der Waals surface area contributed by atoms with Gasteiger partial charge in [0.2, 0.25) is 0 Å². The quantitative estimate of drug-likeness (QED) is 0.733. The molecule has 4 N–H and O–H groups in total. The van der Waals surface area contributed by atoms with Gasteiger partial charge in [0.1, 0.15) is 5.69 Å². The first-order valence-electron chi connectivity index (χ1n) is 5.29. The fourth-order valence-electron chi connectivity index (χ4n) is 1.83. The van der Waals surface area contributed by atoms with E-state index in [1.54, 1.807) is 0 Å². The summed E-state index contributed by atoms with van der Waals surface area (Å²) < 4.78 is 0.241. The zero-order valence-electron chi connectivity index (χ0n) is 9.25. The zero-order chi connectivity index (χ0) is 11.6. The third-order valence-corrected chi connectivity index (χ3v) is 4.58. The maximum Gasteiger partial charge on any atom is 0.271 e. The molecule has 1 aromatic rings. The van der Waals surface area contributed by atoms with Gasteiger partial charge in [-0.05, 0) is 19.1 Å². The maximum atomic E-state index is 11.8. The van der Waals surface area contributed by atoms with Gasteiger partial charge in [-0.2, -0.15) is 16.9 Å². The van der Waals surface area contributed by atoms with E-state index in [1.165, 1.54) is 25.5 Å². The second-order valence-corrected chi connectivity index (χ2v) is 5.40. The van der Waals surface area contributed by atoms with Gasteiger partial charge in [-0.25, -0.2) is 0 Å². The summed E-state index contributed by atoms with van der Waals surface area (Å²) in [4.78, 5) is 11.8. The SMILES string of the molecule is CSC1(CNC(=O)c2[nH]ncc2N)CCC1. The van der Waals surface area contributed by atoms with Crippen LogP contribution in [-0.4, -0.2) is 33.7 Å². The lowest BCUT2D eigenvalue weighted by Crippen LogP contribution is -2.45. The van der Waals surface area contributed by atoms with E-state index in [2.05, 4.69) is 21.8 Å². The summed E-state index contributed by atoms with van der Waals surface area (Å²) in [5.41, 5.74) is 6.35. The van der Waals surface area contributed by atoms with Crippen molar-refractivity contribution < 1.29 is 4.79 Å². The van der Waals surface area contributed by atoms with Gasteiger partial charge in [0.05, 0.1) is 11.9 Å². The predicted molar refractivity (Wildman–Crippen MR) is 65.4 cm³/mol. The molecule has 1 aromatic heterocycles. The molecule has 16 heavy (non-hydrogen) atoms. The summed E-state index contributed by atoms with van der Waals surface area (Å²) in [5, 5.41) is 9.24. The summed E-state index contributed by atoms with van der Waals surface area (Å²) in [7, 11) is 0. The van der Waals surface area contributed by atoms with Crippen molar-refractivity contribution in [3.63, 3.8) is 0 Å². The van der Waals surface area contributed by atoms with Crippen LogP contribution in [0.25, 0.3) is 0 Å². The van der Waals surface area contributed by atoms with Crippen molar-refractivity contribution in [1.29, 1.82) is 0 Å². The third kappa shape index (κ3) is 2.02. The Morgan fingerprint density at radius 3 is 2.94 bits per heavy atom. The van der Waals surface area contributed by atoms with E-state index < -0.39 is 0 Å². The first-order valence-corrected chi connectivity index (χ1v) is 6.51. The summed E-state index contributed by atoms with van der Waals surface area (Å²) in [6.45, 7) is 0.700. The van der Waals surface area contributed by atoms with Crippen LogP contribution in [0.15, 0.2) is 6.20 Å². The predicted octanol–water partition coefficient (Wildman–Crippen LogP) is 1.01. The molecule has 2 rings (SSSR count). The van der Waals surface area contributed by atoms with Crippen LogP contribution in [0.4, 0.5) is 5.69 Å². The van der Waals surface area contributed by atoms with Gasteiger partial charge in [-0.1, -0.05) is 6.42 Å². The highest BCUT2D eigenvalue weighted by molar-refractivity contribution is 8.00. The normalized spacial score (nSPS) is 17.8. The molecule has 0 aromatic carbocycles. The van der Waals surface area contributed by atoms with E-state index in [0.717, 1.165) is 0 Å². The van der Waals surface area contributed by atoms with Crippen molar-refractivity contribution in [2.45, 2.75) is 24.0 Å². The topological polar surface area (TPSA) is 83.8 Å². The minimum Gasteiger partial charge on any atom is -0.396 e. The second kappa shape index (κ2) is 4.37. The van der Waals surface area contributed by atoms with Crippen molar-refractivity contribution in [3.05, 3.63) is 11.9 Å². The fraction of sp³-hybridized carbons (Fsp3) is 0.600. The van der Waals surface area contributed by atoms with Crippen molar-refractivity contribution in [2.24, 2.45) is 0 Å². The van der Waals surface area contributed by atoms with Crippen LogP contribution in [0.5, 0.6) is 0 Å². The largest absolute Gasteiger partial charge is 0.396 e. The van der Waals surface area contributed by atoms with E-state index in [9.17, 15) is 4.79 Å². The molecular weight excluding hydrogens is 224 g/mol. The number of anilines is 1.